The second-order valence-electron chi connectivity index (χ2n) is 4.83. The van der Waals surface area contributed by atoms with Crippen LogP contribution in [0.1, 0.15) is 36.0 Å². The van der Waals surface area contributed by atoms with E-state index in [2.05, 4.69) is 5.32 Å². The molecule has 1 fully saturated rings. The molecule has 0 heterocycles. The van der Waals surface area contributed by atoms with Gasteiger partial charge in [0.2, 0.25) is 0 Å². The first-order valence-electron chi connectivity index (χ1n) is 6.18. The number of nitrogens with one attached hydrogen (secondary N) is 1. The van der Waals surface area contributed by atoms with E-state index in [9.17, 15) is 13.6 Å². The van der Waals surface area contributed by atoms with Crippen LogP contribution in [0.5, 0.6) is 0 Å². The summed E-state index contributed by atoms with van der Waals surface area (Å²) >= 11 is 5.44. The summed E-state index contributed by atoms with van der Waals surface area (Å²) in [5, 5.41) is 2.36. The lowest BCUT2D eigenvalue weighted by atomic mass is 9.91. The zero-order valence-corrected chi connectivity index (χ0v) is 12.2. The van der Waals surface area contributed by atoms with E-state index in [1.165, 1.54) is 0 Å². The maximum atomic E-state index is 13.6. The molecule has 1 aromatic rings. The predicted molar refractivity (Wildman–Crippen MR) is 76.3 cm³/mol. The van der Waals surface area contributed by atoms with Crippen molar-refractivity contribution in [2.24, 2.45) is 5.73 Å². The van der Waals surface area contributed by atoms with Crippen LogP contribution in [0.4, 0.5) is 8.78 Å². The Hall–Kier alpha value is -0.910. The fraction of sp³-hybridized carbons (Fsp3) is 0.462. The molecule has 112 valence electrons. The van der Waals surface area contributed by atoms with Crippen LogP contribution in [-0.2, 0) is 0 Å². The summed E-state index contributed by atoms with van der Waals surface area (Å²) in [6.45, 7) is 0. The molecule has 0 spiro atoms. The lowest BCUT2D eigenvalue weighted by Crippen LogP contribution is -2.40. The Kier molecular flexibility index (Phi) is 6.17. The average Bonchev–Trinajstić information content (AvgIpc) is 2.36. The van der Waals surface area contributed by atoms with Crippen LogP contribution in [0, 0.1) is 11.6 Å². The van der Waals surface area contributed by atoms with Crippen LogP contribution >= 0.6 is 24.0 Å². The molecule has 1 aliphatic rings. The third kappa shape index (κ3) is 4.04. The highest BCUT2D eigenvalue weighted by Gasteiger charge is 2.22. The maximum absolute atomic E-state index is 13.6. The second kappa shape index (κ2) is 7.20. The molecule has 0 atom stereocenters. The standard InChI is InChI=1S/C13H15ClF2N2O.ClH/c14-10-6-11(15)9(5-12(10)16)13(19)18-8-3-1-7(17)2-4-8;/h5-8H,1-4,17H2,(H,18,19);1H. The van der Waals surface area contributed by atoms with Crippen LogP contribution in [0.25, 0.3) is 0 Å². The first-order valence-corrected chi connectivity index (χ1v) is 6.56. The molecular formula is C13H16Cl2F2N2O. The number of carbonyl (C=O) groups is 1. The molecule has 1 saturated carbocycles. The number of halogens is 4. The van der Waals surface area contributed by atoms with Gasteiger partial charge < -0.3 is 11.1 Å². The van der Waals surface area contributed by atoms with Crippen molar-refractivity contribution in [1.82, 2.24) is 5.32 Å². The number of benzene rings is 1. The van der Waals surface area contributed by atoms with Gasteiger partial charge >= 0.3 is 0 Å². The first-order chi connectivity index (χ1) is 8.97. The Labute approximate surface area is 127 Å². The fourth-order valence-electron chi connectivity index (χ4n) is 2.22. The highest BCUT2D eigenvalue weighted by atomic mass is 35.5. The number of hydrogen-bond acceptors (Lipinski definition) is 2. The summed E-state index contributed by atoms with van der Waals surface area (Å²) < 4.78 is 26.8. The van der Waals surface area contributed by atoms with Crippen molar-refractivity contribution in [1.29, 1.82) is 0 Å². The van der Waals surface area contributed by atoms with E-state index in [1.54, 1.807) is 0 Å². The van der Waals surface area contributed by atoms with Gasteiger partial charge in [0.05, 0.1) is 10.6 Å². The minimum Gasteiger partial charge on any atom is -0.349 e. The molecule has 2 rings (SSSR count). The Morgan fingerprint density at radius 2 is 1.80 bits per heavy atom. The third-order valence-electron chi connectivity index (χ3n) is 3.36. The van der Waals surface area contributed by atoms with E-state index in [0.717, 1.165) is 37.8 Å². The van der Waals surface area contributed by atoms with Gasteiger partial charge in [-0.2, -0.15) is 0 Å². The van der Waals surface area contributed by atoms with Crippen LogP contribution in [0.15, 0.2) is 12.1 Å². The van der Waals surface area contributed by atoms with Crippen molar-refractivity contribution in [2.75, 3.05) is 0 Å². The highest BCUT2D eigenvalue weighted by molar-refractivity contribution is 6.30. The summed E-state index contributed by atoms with van der Waals surface area (Å²) in [6.07, 6.45) is 3.15. The van der Waals surface area contributed by atoms with Crippen molar-refractivity contribution in [2.45, 2.75) is 37.8 Å². The number of nitrogens with two attached hydrogens (primary N) is 1. The Morgan fingerprint density at radius 1 is 1.20 bits per heavy atom. The quantitative estimate of drug-likeness (QED) is 0.821. The van der Waals surface area contributed by atoms with Crippen LogP contribution < -0.4 is 11.1 Å². The largest absolute Gasteiger partial charge is 0.349 e. The van der Waals surface area contributed by atoms with E-state index < -0.39 is 17.5 Å². The van der Waals surface area contributed by atoms with E-state index in [1.807, 2.05) is 0 Å². The molecule has 3 N–H and O–H groups in total. The SMILES string of the molecule is Cl.NC1CCC(NC(=O)c2cc(F)c(Cl)cc2F)CC1. The summed E-state index contributed by atoms with van der Waals surface area (Å²) in [7, 11) is 0. The first kappa shape index (κ1) is 17.1. The van der Waals surface area contributed by atoms with Gasteiger partial charge in [0, 0.05) is 12.1 Å². The van der Waals surface area contributed by atoms with Gasteiger partial charge in [0.25, 0.3) is 5.91 Å². The minimum absolute atomic E-state index is 0. The number of amides is 1. The topological polar surface area (TPSA) is 55.1 Å². The minimum atomic E-state index is -0.823. The van der Waals surface area contributed by atoms with Crippen molar-refractivity contribution >= 4 is 29.9 Å². The molecule has 3 nitrogen and oxygen atoms in total. The van der Waals surface area contributed by atoms with Gasteiger partial charge in [0.15, 0.2) is 0 Å². The lowest BCUT2D eigenvalue weighted by molar-refractivity contribution is 0.0921. The fourth-order valence-corrected chi connectivity index (χ4v) is 2.37. The third-order valence-corrected chi connectivity index (χ3v) is 3.65. The molecule has 0 saturated heterocycles. The number of hydrogen-bond donors (Lipinski definition) is 2. The average molecular weight is 325 g/mol. The highest BCUT2D eigenvalue weighted by Crippen LogP contribution is 2.21. The molecule has 20 heavy (non-hydrogen) atoms. The predicted octanol–water partition coefficient (Wildman–Crippen LogP) is 3.04. The number of carbonyl (C=O) groups excluding carboxylic acids is 1. The molecule has 0 unspecified atom stereocenters. The molecule has 0 aliphatic heterocycles. The van der Waals surface area contributed by atoms with Gasteiger partial charge in [-0.05, 0) is 37.8 Å². The molecule has 1 amide bonds. The van der Waals surface area contributed by atoms with Crippen molar-refractivity contribution in [3.8, 4) is 0 Å². The van der Waals surface area contributed by atoms with E-state index >= 15 is 0 Å². The molecular weight excluding hydrogens is 309 g/mol. The molecule has 1 aliphatic carbocycles. The van der Waals surface area contributed by atoms with Gasteiger partial charge in [-0.25, -0.2) is 8.78 Å². The van der Waals surface area contributed by atoms with Crippen LogP contribution in [0.2, 0.25) is 5.02 Å². The van der Waals surface area contributed by atoms with Crippen molar-refractivity contribution in [3.63, 3.8) is 0 Å². The molecule has 0 radical (unpaired) electrons. The second-order valence-corrected chi connectivity index (χ2v) is 5.24. The van der Waals surface area contributed by atoms with Crippen LogP contribution in [-0.4, -0.2) is 18.0 Å². The zero-order chi connectivity index (χ0) is 14.0. The normalized spacial score (nSPS) is 22.0. The summed E-state index contributed by atoms with van der Waals surface area (Å²) in [6, 6.07) is 1.76. The van der Waals surface area contributed by atoms with E-state index in [-0.39, 0.29) is 35.1 Å². The Morgan fingerprint density at radius 3 is 2.40 bits per heavy atom. The van der Waals surface area contributed by atoms with E-state index in [4.69, 9.17) is 17.3 Å². The maximum Gasteiger partial charge on any atom is 0.254 e. The monoisotopic (exact) mass is 324 g/mol. The molecule has 7 heteroatoms. The summed E-state index contributed by atoms with van der Waals surface area (Å²) in [5.41, 5.74) is 5.44. The zero-order valence-electron chi connectivity index (χ0n) is 10.7. The van der Waals surface area contributed by atoms with Crippen LogP contribution in [0.3, 0.4) is 0 Å². The Bertz CT molecular complexity index is 492. The van der Waals surface area contributed by atoms with E-state index in [0.29, 0.717) is 0 Å². The summed E-state index contributed by atoms with van der Waals surface area (Å²) in [5.74, 6) is -2.25. The van der Waals surface area contributed by atoms with Gasteiger partial charge in [-0.15, -0.1) is 12.4 Å². The van der Waals surface area contributed by atoms with Crippen molar-refractivity contribution < 1.29 is 13.6 Å². The van der Waals surface area contributed by atoms with Gasteiger partial charge in [0.1, 0.15) is 11.6 Å². The molecule has 0 aromatic heterocycles. The lowest BCUT2D eigenvalue weighted by Gasteiger charge is -2.26. The van der Waals surface area contributed by atoms with Gasteiger partial charge in [-0.1, -0.05) is 11.6 Å². The molecule has 1 aromatic carbocycles. The molecule has 0 bridgehead atoms. The number of rotatable bonds is 2. The summed E-state index contributed by atoms with van der Waals surface area (Å²) in [4.78, 5) is 11.9. The smallest absolute Gasteiger partial charge is 0.254 e. The Balaban J connectivity index is 0.00000200. The van der Waals surface area contributed by atoms with Gasteiger partial charge in [-0.3, -0.25) is 4.79 Å². The van der Waals surface area contributed by atoms with Crippen molar-refractivity contribution in [3.05, 3.63) is 34.4 Å².